The molecule has 4 heteroatoms. The van der Waals surface area contributed by atoms with Crippen molar-refractivity contribution < 1.29 is 4.79 Å². The van der Waals surface area contributed by atoms with Crippen LogP contribution in [0.1, 0.15) is 49.7 Å². The van der Waals surface area contributed by atoms with E-state index in [-0.39, 0.29) is 0 Å². The number of aromatic amines is 1. The lowest BCUT2D eigenvalue weighted by atomic mass is 9.77. The van der Waals surface area contributed by atoms with Gasteiger partial charge >= 0.3 is 0 Å². The van der Waals surface area contributed by atoms with E-state index in [1.807, 2.05) is 6.07 Å². The highest BCUT2D eigenvalue weighted by Crippen LogP contribution is 2.39. The first-order valence-electron chi connectivity index (χ1n) is 7.18. The van der Waals surface area contributed by atoms with E-state index < -0.39 is 0 Å². The zero-order chi connectivity index (χ0) is 15.1. The number of aldehydes is 1. The van der Waals surface area contributed by atoms with Gasteiger partial charge in [0.2, 0.25) is 0 Å². The predicted molar refractivity (Wildman–Crippen MR) is 84.9 cm³/mol. The predicted octanol–water partition coefficient (Wildman–Crippen LogP) is 3.86. The standard InChI is InChI=1S/C17H19N3O/c1-9-11(3)18-12(4)10(2)17(9)13-5-6-15-14(7-13)16(8-21)20-19-15/h5-9,17H,1-4H3,(H,19,20). The molecule has 0 saturated carbocycles. The van der Waals surface area contributed by atoms with Gasteiger partial charge in [0.05, 0.1) is 5.52 Å². The van der Waals surface area contributed by atoms with E-state index in [9.17, 15) is 4.79 Å². The smallest absolute Gasteiger partial charge is 0.168 e. The minimum absolute atomic E-state index is 0.307. The first kappa shape index (κ1) is 13.7. The van der Waals surface area contributed by atoms with Gasteiger partial charge in [0, 0.05) is 28.6 Å². The molecule has 1 aromatic carbocycles. The van der Waals surface area contributed by atoms with Crippen molar-refractivity contribution in [3.63, 3.8) is 0 Å². The van der Waals surface area contributed by atoms with Gasteiger partial charge < -0.3 is 0 Å². The molecule has 2 unspecified atom stereocenters. The number of rotatable bonds is 2. The molecule has 2 aromatic rings. The lowest BCUT2D eigenvalue weighted by Crippen LogP contribution is -2.22. The number of hydrogen-bond donors (Lipinski definition) is 1. The fraction of sp³-hybridized carbons (Fsp3) is 0.353. The van der Waals surface area contributed by atoms with E-state index in [4.69, 9.17) is 0 Å². The Labute approximate surface area is 124 Å². The Morgan fingerprint density at radius 3 is 2.71 bits per heavy atom. The molecule has 3 rings (SSSR count). The Kier molecular flexibility index (Phi) is 3.24. The number of aliphatic imine (C=N–C) groups is 1. The second kappa shape index (κ2) is 4.95. The number of hydrogen-bond acceptors (Lipinski definition) is 3. The summed E-state index contributed by atoms with van der Waals surface area (Å²) in [5, 5.41) is 7.82. The lowest BCUT2D eigenvalue weighted by molar-refractivity contribution is 0.112. The molecule has 0 saturated heterocycles. The molecule has 0 radical (unpaired) electrons. The minimum atomic E-state index is 0.307. The number of H-pyrrole nitrogens is 1. The van der Waals surface area contributed by atoms with Crippen LogP contribution in [-0.4, -0.2) is 22.2 Å². The van der Waals surface area contributed by atoms with Crippen molar-refractivity contribution >= 4 is 22.9 Å². The zero-order valence-electron chi connectivity index (χ0n) is 12.8. The fourth-order valence-electron chi connectivity index (χ4n) is 3.17. The van der Waals surface area contributed by atoms with Gasteiger partial charge in [-0.25, -0.2) is 0 Å². The Bertz CT molecular complexity index is 782. The third-order valence-electron chi connectivity index (χ3n) is 4.62. The molecular formula is C17H19N3O. The number of aromatic nitrogens is 2. The third kappa shape index (κ3) is 2.11. The van der Waals surface area contributed by atoms with Crippen LogP contribution in [0, 0.1) is 5.92 Å². The van der Waals surface area contributed by atoms with E-state index in [1.54, 1.807) is 0 Å². The molecule has 0 aliphatic carbocycles. The average Bonchev–Trinajstić information content (AvgIpc) is 2.88. The van der Waals surface area contributed by atoms with Crippen molar-refractivity contribution in [2.24, 2.45) is 10.9 Å². The van der Waals surface area contributed by atoms with Crippen molar-refractivity contribution in [1.82, 2.24) is 10.2 Å². The van der Waals surface area contributed by atoms with Gasteiger partial charge in [-0.15, -0.1) is 0 Å². The maximum absolute atomic E-state index is 11.1. The van der Waals surface area contributed by atoms with Crippen molar-refractivity contribution in [2.45, 2.75) is 33.6 Å². The average molecular weight is 281 g/mol. The summed E-state index contributed by atoms with van der Waals surface area (Å²) in [6, 6.07) is 6.16. The Morgan fingerprint density at radius 1 is 1.24 bits per heavy atom. The van der Waals surface area contributed by atoms with Crippen LogP contribution in [0.2, 0.25) is 0 Å². The summed E-state index contributed by atoms with van der Waals surface area (Å²) in [5.41, 5.74) is 6.13. The summed E-state index contributed by atoms with van der Waals surface area (Å²) in [6.45, 7) is 8.50. The molecule has 1 aliphatic rings. The summed E-state index contributed by atoms with van der Waals surface area (Å²) in [4.78, 5) is 15.7. The summed E-state index contributed by atoms with van der Waals surface area (Å²) < 4.78 is 0. The highest BCUT2D eigenvalue weighted by molar-refractivity contribution is 5.95. The van der Waals surface area contributed by atoms with Crippen LogP contribution in [0.4, 0.5) is 0 Å². The lowest BCUT2D eigenvalue weighted by Gasteiger charge is -2.30. The number of nitrogens with zero attached hydrogens (tertiary/aromatic N) is 2. The molecule has 21 heavy (non-hydrogen) atoms. The first-order valence-corrected chi connectivity index (χ1v) is 7.18. The number of allylic oxidation sites excluding steroid dienone is 2. The zero-order valence-corrected chi connectivity index (χ0v) is 12.8. The maximum Gasteiger partial charge on any atom is 0.168 e. The monoisotopic (exact) mass is 281 g/mol. The largest absolute Gasteiger partial charge is 0.296 e. The second-order valence-electron chi connectivity index (χ2n) is 5.82. The summed E-state index contributed by atoms with van der Waals surface area (Å²) >= 11 is 0. The van der Waals surface area contributed by atoms with Crippen LogP contribution >= 0.6 is 0 Å². The van der Waals surface area contributed by atoms with Crippen LogP contribution in [0.5, 0.6) is 0 Å². The normalized spacial score (nSPS) is 22.6. The summed E-state index contributed by atoms with van der Waals surface area (Å²) in [5.74, 6) is 0.666. The molecule has 1 N–H and O–H groups in total. The molecular weight excluding hydrogens is 262 g/mol. The Balaban J connectivity index is 2.15. The molecule has 0 bridgehead atoms. The van der Waals surface area contributed by atoms with Gasteiger partial charge in [0.15, 0.2) is 6.29 Å². The van der Waals surface area contributed by atoms with Crippen molar-refractivity contribution in [2.75, 3.05) is 0 Å². The van der Waals surface area contributed by atoms with Crippen molar-refractivity contribution in [3.05, 3.63) is 40.7 Å². The second-order valence-corrected chi connectivity index (χ2v) is 5.82. The van der Waals surface area contributed by atoms with Crippen LogP contribution in [-0.2, 0) is 0 Å². The SMILES string of the molecule is CC1=NC(C)=C(C)C(c2ccc3n[nH]c(C=O)c3c2)C1C. The van der Waals surface area contributed by atoms with Crippen LogP contribution in [0.25, 0.3) is 10.9 Å². The number of benzene rings is 1. The molecule has 4 nitrogen and oxygen atoms in total. The Morgan fingerprint density at radius 2 is 2.00 bits per heavy atom. The van der Waals surface area contributed by atoms with Gasteiger partial charge in [-0.05, 0) is 44.0 Å². The van der Waals surface area contributed by atoms with Gasteiger partial charge in [-0.2, -0.15) is 5.10 Å². The van der Waals surface area contributed by atoms with Crippen LogP contribution < -0.4 is 0 Å². The van der Waals surface area contributed by atoms with Crippen LogP contribution in [0.15, 0.2) is 34.5 Å². The van der Waals surface area contributed by atoms with E-state index in [1.165, 1.54) is 11.1 Å². The Hall–Kier alpha value is -2.23. The highest BCUT2D eigenvalue weighted by atomic mass is 16.1. The minimum Gasteiger partial charge on any atom is -0.296 e. The van der Waals surface area contributed by atoms with Gasteiger partial charge in [0.1, 0.15) is 5.69 Å². The third-order valence-corrected chi connectivity index (χ3v) is 4.62. The summed E-state index contributed by atoms with van der Waals surface area (Å²) in [6.07, 6.45) is 0.823. The van der Waals surface area contributed by atoms with Crippen LogP contribution in [0.3, 0.4) is 0 Å². The number of fused-ring (bicyclic) bond motifs is 1. The maximum atomic E-state index is 11.1. The molecule has 1 aromatic heterocycles. The molecule has 1 aliphatic heterocycles. The number of nitrogens with one attached hydrogen (secondary N) is 1. The fourth-order valence-corrected chi connectivity index (χ4v) is 3.17. The van der Waals surface area contributed by atoms with Gasteiger partial charge in [-0.1, -0.05) is 13.0 Å². The molecule has 2 heterocycles. The molecule has 0 spiro atoms. The highest BCUT2D eigenvalue weighted by Gasteiger charge is 2.28. The van der Waals surface area contributed by atoms with E-state index in [2.05, 4.69) is 55.0 Å². The molecule has 2 atom stereocenters. The molecule has 0 fully saturated rings. The quantitative estimate of drug-likeness (QED) is 0.850. The molecule has 0 amide bonds. The topological polar surface area (TPSA) is 58.1 Å². The number of carbonyl (C=O) groups excluding carboxylic acids is 1. The van der Waals surface area contributed by atoms with E-state index >= 15 is 0 Å². The van der Waals surface area contributed by atoms with E-state index in [0.717, 1.165) is 28.6 Å². The van der Waals surface area contributed by atoms with Crippen molar-refractivity contribution in [3.8, 4) is 0 Å². The van der Waals surface area contributed by atoms with Gasteiger partial charge in [0.25, 0.3) is 0 Å². The first-order chi connectivity index (χ1) is 10.0. The molecule has 108 valence electrons. The van der Waals surface area contributed by atoms with Crippen molar-refractivity contribution in [1.29, 1.82) is 0 Å². The van der Waals surface area contributed by atoms with E-state index in [0.29, 0.717) is 17.5 Å². The summed E-state index contributed by atoms with van der Waals surface area (Å²) in [7, 11) is 0. The number of carbonyl (C=O) groups is 1. The van der Waals surface area contributed by atoms with Gasteiger partial charge in [-0.3, -0.25) is 14.9 Å².